The molecule has 0 bridgehead atoms. The molecule has 4 aromatic rings. The molecule has 0 saturated carbocycles. The highest BCUT2D eigenvalue weighted by atomic mass is 16.5. The van der Waals surface area contributed by atoms with Crippen LogP contribution in [0.2, 0.25) is 0 Å². The fourth-order valence-corrected chi connectivity index (χ4v) is 4.70. The molecule has 41 heavy (non-hydrogen) atoms. The summed E-state index contributed by atoms with van der Waals surface area (Å²) in [5, 5.41) is 2.99. The Kier molecular flexibility index (Phi) is 10.1. The number of amides is 1. The van der Waals surface area contributed by atoms with E-state index in [-0.39, 0.29) is 5.91 Å². The maximum Gasteiger partial charge on any atom is 0.251 e. The number of rotatable bonds is 15. The molecule has 4 rings (SSSR count). The molecule has 0 atom stereocenters. The molecule has 0 spiro atoms. The summed E-state index contributed by atoms with van der Waals surface area (Å²) in [6.07, 6.45) is 3.96. The average molecular weight is 560 g/mol. The van der Waals surface area contributed by atoms with Crippen LogP contribution in [0.15, 0.2) is 67.3 Å². The van der Waals surface area contributed by atoms with Gasteiger partial charge in [-0.05, 0) is 54.8 Å². The molecule has 0 saturated heterocycles. The van der Waals surface area contributed by atoms with E-state index in [4.69, 9.17) is 28.7 Å². The summed E-state index contributed by atoms with van der Waals surface area (Å²) < 4.78 is 29.9. The van der Waals surface area contributed by atoms with Crippen LogP contribution in [0.5, 0.6) is 28.7 Å². The lowest BCUT2D eigenvalue weighted by atomic mass is 10.1. The minimum absolute atomic E-state index is 0.242. The highest BCUT2D eigenvalue weighted by Gasteiger charge is 2.17. The minimum Gasteiger partial charge on any atom is -0.493 e. The number of benzene rings is 3. The molecule has 0 aliphatic rings. The number of fused-ring (bicyclic) bond motifs is 1. The van der Waals surface area contributed by atoms with E-state index in [0.29, 0.717) is 60.4 Å². The van der Waals surface area contributed by atoms with Gasteiger partial charge >= 0.3 is 0 Å². The molecule has 9 heteroatoms. The SMILES string of the molecule is C=CCc1ccc(OCCCn2c(CCNC(=O)c3cc(OC)c(OC)c(OC)c3)nc3ccccc32)c(OC)c1. The third-order valence-electron chi connectivity index (χ3n) is 6.69. The predicted octanol–water partition coefficient (Wildman–Crippen LogP) is 5.24. The van der Waals surface area contributed by atoms with Gasteiger partial charge < -0.3 is 33.6 Å². The largest absolute Gasteiger partial charge is 0.493 e. The summed E-state index contributed by atoms with van der Waals surface area (Å²) in [5.41, 5.74) is 3.50. The minimum atomic E-state index is -0.242. The second-order valence-corrected chi connectivity index (χ2v) is 9.27. The Morgan fingerprint density at radius 1 is 0.927 bits per heavy atom. The second-order valence-electron chi connectivity index (χ2n) is 9.27. The maximum atomic E-state index is 13.0. The van der Waals surface area contributed by atoms with Crippen molar-refractivity contribution in [3.8, 4) is 28.7 Å². The van der Waals surface area contributed by atoms with Gasteiger partial charge in [-0.3, -0.25) is 4.79 Å². The van der Waals surface area contributed by atoms with Crippen LogP contribution < -0.4 is 29.0 Å². The molecular formula is C32H37N3O6. The van der Waals surface area contributed by atoms with Crippen molar-refractivity contribution in [1.82, 2.24) is 14.9 Å². The molecule has 1 heterocycles. The summed E-state index contributed by atoms with van der Waals surface area (Å²) in [5.74, 6) is 3.35. The van der Waals surface area contributed by atoms with E-state index in [0.717, 1.165) is 35.3 Å². The van der Waals surface area contributed by atoms with Crippen LogP contribution in [0.25, 0.3) is 11.0 Å². The number of nitrogens with zero attached hydrogens (tertiary/aromatic N) is 2. The Hall–Kier alpha value is -4.66. The number of carbonyl (C=O) groups excluding carboxylic acids is 1. The van der Waals surface area contributed by atoms with Crippen molar-refractivity contribution in [1.29, 1.82) is 0 Å². The van der Waals surface area contributed by atoms with Crippen LogP contribution in [0.1, 0.15) is 28.2 Å². The van der Waals surface area contributed by atoms with Crippen LogP contribution in [0.3, 0.4) is 0 Å². The molecule has 0 aliphatic heterocycles. The van der Waals surface area contributed by atoms with Crippen LogP contribution in [0, 0.1) is 0 Å². The van der Waals surface area contributed by atoms with Gasteiger partial charge in [-0.2, -0.15) is 0 Å². The molecule has 0 fully saturated rings. The lowest BCUT2D eigenvalue weighted by Gasteiger charge is -2.14. The van der Waals surface area contributed by atoms with E-state index in [1.54, 1.807) is 19.2 Å². The van der Waals surface area contributed by atoms with Gasteiger partial charge in [0, 0.05) is 25.1 Å². The Morgan fingerprint density at radius 2 is 1.66 bits per heavy atom. The lowest BCUT2D eigenvalue weighted by Crippen LogP contribution is -2.26. The predicted molar refractivity (Wildman–Crippen MR) is 159 cm³/mol. The van der Waals surface area contributed by atoms with Gasteiger partial charge in [0.25, 0.3) is 5.91 Å². The zero-order chi connectivity index (χ0) is 29.2. The van der Waals surface area contributed by atoms with Crippen molar-refractivity contribution >= 4 is 16.9 Å². The molecule has 1 N–H and O–H groups in total. The first-order chi connectivity index (χ1) is 20.0. The Bertz CT molecular complexity index is 1470. The number of imidazole rings is 1. The topological polar surface area (TPSA) is 93.1 Å². The van der Waals surface area contributed by atoms with Crippen LogP contribution in [-0.4, -0.2) is 57.0 Å². The Morgan fingerprint density at radius 3 is 2.34 bits per heavy atom. The zero-order valence-electron chi connectivity index (χ0n) is 24.1. The molecule has 0 unspecified atom stereocenters. The Balaban J connectivity index is 1.40. The lowest BCUT2D eigenvalue weighted by molar-refractivity contribution is 0.0953. The smallest absolute Gasteiger partial charge is 0.251 e. The molecule has 0 radical (unpaired) electrons. The fourth-order valence-electron chi connectivity index (χ4n) is 4.70. The van der Waals surface area contributed by atoms with Gasteiger partial charge in [-0.1, -0.05) is 24.3 Å². The number of allylic oxidation sites excluding steroid dienone is 1. The monoisotopic (exact) mass is 559 g/mol. The number of carbonyl (C=O) groups is 1. The van der Waals surface area contributed by atoms with Crippen molar-refractivity contribution in [2.24, 2.45) is 0 Å². The van der Waals surface area contributed by atoms with Crippen LogP contribution in [0.4, 0.5) is 0 Å². The third kappa shape index (κ3) is 6.92. The number of para-hydroxylation sites is 2. The van der Waals surface area contributed by atoms with Crippen molar-refractivity contribution < 1.29 is 28.5 Å². The van der Waals surface area contributed by atoms with Crippen LogP contribution >= 0.6 is 0 Å². The summed E-state index contributed by atoms with van der Waals surface area (Å²) in [6.45, 7) is 5.43. The molecular weight excluding hydrogens is 522 g/mol. The average Bonchev–Trinajstić information content (AvgIpc) is 3.35. The van der Waals surface area contributed by atoms with Crippen molar-refractivity contribution in [2.45, 2.75) is 25.8 Å². The molecule has 3 aromatic carbocycles. The van der Waals surface area contributed by atoms with E-state index < -0.39 is 0 Å². The number of hydrogen-bond donors (Lipinski definition) is 1. The molecule has 9 nitrogen and oxygen atoms in total. The molecule has 0 aliphatic carbocycles. The summed E-state index contributed by atoms with van der Waals surface area (Å²) in [7, 11) is 6.21. The van der Waals surface area contributed by atoms with Crippen LogP contribution in [-0.2, 0) is 19.4 Å². The van der Waals surface area contributed by atoms with E-state index in [1.165, 1.54) is 21.3 Å². The molecule has 1 amide bonds. The Labute approximate surface area is 240 Å². The normalized spacial score (nSPS) is 10.7. The number of aryl methyl sites for hydroxylation is 1. The van der Waals surface area contributed by atoms with E-state index in [2.05, 4.69) is 22.5 Å². The first-order valence-electron chi connectivity index (χ1n) is 13.5. The van der Waals surface area contributed by atoms with Crippen molar-refractivity contribution in [3.63, 3.8) is 0 Å². The summed E-state index contributed by atoms with van der Waals surface area (Å²) >= 11 is 0. The quantitative estimate of drug-likeness (QED) is 0.157. The van der Waals surface area contributed by atoms with Gasteiger partial charge in [0.2, 0.25) is 5.75 Å². The number of hydrogen-bond acceptors (Lipinski definition) is 7. The van der Waals surface area contributed by atoms with E-state index in [1.807, 2.05) is 42.5 Å². The van der Waals surface area contributed by atoms with Crippen molar-refractivity contribution in [2.75, 3.05) is 41.6 Å². The first kappa shape index (κ1) is 29.3. The summed E-state index contributed by atoms with van der Waals surface area (Å²) in [4.78, 5) is 17.8. The van der Waals surface area contributed by atoms with Crippen molar-refractivity contribution in [3.05, 3.63) is 84.2 Å². The zero-order valence-corrected chi connectivity index (χ0v) is 24.1. The first-order valence-corrected chi connectivity index (χ1v) is 13.5. The van der Waals surface area contributed by atoms with Gasteiger partial charge in [-0.15, -0.1) is 6.58 Å². The van der Waals surface area contributed by atoms with Gasteiger partial charge in [0.1, 0.15) is 5.82 Å². The van der Waals surface area contributed by atoms with E-state index in [9.17, 15) is 4.79 Å². The second kappa shape index (κ2) is 14.1. The number of nitrogens with one attached hydrogen (secondary N) is 1. The van der Waals surface area contributed by atoms with Gasteiger partial charge in [0.05, 0.1) is 46.1 Å². The van der Waals surface area contributed by atoms with Gasteiger partial charge in [0.15, 0.2) is 23.0 Å². The van der Waals surface area contributed by atoms with E-state index >= 15 is 0 Å². The standard InChI is InChI=1S/C32H37N3O6/c1-6-10-22-13-14-26(27(19-22)37-2)41-18-9-17-35-25-12-8-7-11-24(25)34-30(35)15-16-33-32(36)23-20-28(38-3)31(40-5)29(21-23)39-4/h6-8,11-14,19-21H,1,9-10,15-18H2,2-5H3,(H,33,36). The number of ether oxygens (including phenoxy) is 5. The maximum absolute atomic E-state index is 13.0. The molecule has 216 valence electrons. The third-order valence-corrected chi connectivity index (χ3v) is 6.69. The van der Waals surface area contributed by atoms with Gasteiger partial charge in [-0.25, -0.2) is 4.98 Å². The number of methoxy groups -OCH3 is 4. The summed E-state index contributed by atoms with van der Waals surface area (Å²) in [6, 6.07) is 17.2. The highest BCUT2D eigenvalue weighted by Crippen LogP contribution is 2.38. The fraction of sp³-hybridized carbons (Fsp3) is 0.312. The molecule has 1 aromatic heterocycles. The number of aromatic nitrogens is 2. The highest BCUT2D eigenvalue weighted by molar-refractivity contribution is 5.95.